The molecule has 3 unspecified atom stereocenters. The third kappa shape index (κ3) is 3.98. The molecule has 0 N–H and O–H groups in total. The Morgan fingerprint density at radius 3 is 2.50 bits per heavy atom. The van der Waals surface area contributed by atoms with Crippen LogP contribution in [0.5, 0.6) is 0 Å². The Balaban J connectivity index is 2.96. The van der Waals surface area contributed by atoms with E-state index in [0.717, 1.165) is 15.3 Å². The third-order valence-electron chi connectivity index (χ3n) is 0.317. The van der Waals surface area contributed by atoms with Crippen molar-refractivity contribution in [2.75, 3.05) is 6.66 Å². The number of hydrogen-bond donors (Lipinski definition) is 0. The highest BCUT2D eigenvalue weighted by atomic mass is 32.9. The molecule has 0 heterocycles. The first-order chi connectivity index (χ1) is 2.81. The lowest BCUT2D eigenvalue weighted by atomic mass is 12.0. The first kappa shape index (κ1) is 7.81. The van der Waals surface area contributed by atoms with Crippen molar-refractivity contribution in [2.45, 2.75) is 0 Å². The molecule has 6 heavy (non-hydrogen) atoms. The Morgan fingerprint density at radius 2 is 2.50 bits per heavy atom. The summed E-state index contributed by atoms with van der Waals surface area (Å²) in [6, 6.07) is 0. The molecule has 0 saturated carbocycles. The van der Waals surface area contributed by atoms with E-state index in [-0.39, 0.29) is 6.99 Å². The van der Waals surface area contributed by atoms with Gasteiger partial charge in [0.1, 0.15) is 0 Å². The molecule has 0 amide bonds. The summed E-state index contributed by atoms with van der Waals surface area (Å²) in [5.74, 6) is 0. The van der Waals surface area contributed by atoms with Gasteiger partial charge in [0.15, 0.2) is 0 Å². The van der Waals surface area contributed by atoms with Crippen molar-refractivity contribution in [1.29, 1.82) is 0 Å². The molecule has 0 nitrogen and oxygen atoms in total. The molecule has 0 aliphatic carbocycles. The minimum Gasteiger partial charge on any atom is -0.0973 e. The molecule has 0 radical (unpaired) electrons. The Bertz CT molecular complexity index is 44.8. The summed E-state index contributed by atoms with van der Waals surface area (Å²) in [6.45, 7) is 2.35. The molecule has 36 valence electrons. The van der Waals surface area contributed by atoms with E-state index in [9.17, 15) is 0 Å². The van der Waals surface area contributed by atoms with E-state index in [0.29, 0.717) is 0 Å². The van der Waals surface area contributed by atoms with Crippen molar-refractivity contribution in [3.05, 3.63) is 0 Å². The fraction of sp³-hybridized carbons (Fsp3) is 1.00. The number of rotatable bonds is 2. The van der Waals surface area contributed by atoms with Crippen molar-refractivity contribution in [1.82, 2.24) is 0 Å². The van der Waals surface area contributed by atoms with Crippen LogP contribution in [-0.2, 0) is 11.8 Å². The van der Waals surface area contributed by atoms with Crippen LogP contribution in [-0.4, -0.2) is 6.66 Å². The molecule has 0 spiro atoms. The van der Waals surface area contributed by atoms with Crippen LogP contribution in [0.1, 0.15) is 0 Å². The lowest BCUT2D eigenvalue weighted by molar-refractivity contribution is 2.51. The zero-order valence-corrected chi connectivity index (χ0v) is 8.14. The van der Waals surface area contributed by atoms with Crippen LogP contribution in [0, 0.1) is 0 Å². The van der Waals surface area contributed by atoms with Gasteiger partial charge in [-0.2, -0.15) is 0 Å². The predicted octanol–water partition coefficient (Wildman–Crippen LogP) is 2.80. The first-order valence-electron chi connectivity index (χ1n) is 1.36. The molecule has 5 heteroatoms. The van der Waals surface area contributed by atoms with Gasteiger partial charge < -0.3 is 0 Å². The topological polar surface area (TPSA) is 0 Å². The average molecular weight is 174 g/mol. The molecule has 0 aromatic rings. The van der Waals surface area contributed by atoms with E-state index in [1.807, 2.05) is 0 Å². The lowest BCUT2D eigenvalue weighted by Crippen LogP contribution is -1.19. The van der Waals surface area contributed by atoms with Crippen molar-refractivity contribution in [3.8, 4) is 0 Å². The van der Waals surface area contributed by atoms with Crippen molar-refractivity contribution in [2.24, 2.45) is 0 Å². The molecule has 0 fully saturated rings. The maximum atomic E-state index is 4.76. The summed E-state index contributed by atoms with van der Waals surface area (Å²) >= 11 is 4.76. The maximum absolute atomic E-state index is 4.76. The number of hydrogen-bond acceptors (Lipinski definition) is 1. The molecular formula is CH6P4S. The molecule has 0 aromatic carbocycles. The van der Waals surface area contributed by atoms with Gasteiger partial charge in [0.05, 0.1) is 0 Å². The fourth-order valence-corrected chi connectivity index (χ4v) is 3.31. The quantitative estimate of drug-likeness (QED) is 0.580. The smallest absolute Gasteiger partial charge is 0.00997 e. The van der Waals surface area contributed by atoms with Crippen molar-refractivity contribution in [3.63, 3.8) is 0 Å². The molecule has 0 aromatic heterocycles. The van der Waals surface area contributed by atoms with Crippen LogP contribution < -0.4 is 0 Å². The second-order valence-electron chi connectivity index (χ2n) is 0.650. The highest BCUT2D eigenvalue weighted by Crippen LogP contribution is 2.69. The van der Waals surface area contributed by atoms with Gasteiger partial charge in [-0.25, -0.2) is 0 Å². The van der Waals surface area contributed by atoms with Gasteiger partial charge in [-0.3, -0.25) is 0 Å². The third-order valence-corrected chi connectivity index (χ3v) is 13.3. The molecular weight excluding hydrogens is 168 g/mol. The predicted molar refractivity (Wildman–Crippen MR) is 45.2 cm³/mol. The van der Waals surface area contributed by atoms with Crippen LogP contribution in [0.15, 0.2) is 0 Å². The van der Waals surface area contributed by atoms with Gasteiger partial charge in [-0.1, -0.05) is 29.0 Å². The van der Waals surface area contributed by atoms with Crippen LogP contribution >= 0.6 is 31.2 Å². The maximum Gasteiger partial charge on any atom is 0.00997 e. The lowest BCUT2D eigenvalue weighted by Gasteiger charge is -1.92. The van der Waals surface area contributed by atoms with Gasteiger partial charge in [-0.05, 0) is 13.7 Å². The zero-order valence-electron chi connectivity index (χ0n) is 3.38. The van der Waals surface area contributed by atoms with E-state index in [1.165, 1.54) is 0 Å². The average Bonchev–Trinajstić information content (AvgIpc) is 1.65. The van der Waals surface area contributed by atoms with Crippen LogP contribution in [0.2, 0.25) is 0 Å². The van der Waals surface area contributed by atoms with Crippen molar-refractivity contribution >= 4 is 43.0 Å². The molecule has 3 atom stereocenters. The minimum atomic E-state index is 0.155. The molecule has 0 bridgehead atoms. The molecule has 0 aliphatic heterocycles. The van der Waals surface area contributed by atoms with E-state index in [1.54, 1.807) is 0 Å². The highest BCUT2D eigenvalue weighted by molar-refractivity contribution is 8.75. The van der Waals surface area contributed by atoms with E-state index < -0.39 is 0 Å². The second-order valence-corrected chi connectivity index (χ2v) is 13.5. The van der Waals surface area contributed by atoms with E-state index >= 15 is 0 Å². The van der Waals surface area contributed by atoms with Crippen molar-refractivity contribution < 1.29 is 0 Å². The summed E-state index contributed by atoms with van der Waals surface area (Å²) in [7, 11) is 4.97. The second kappa shape index (κ2) is 4.96. The minimum absolute atomic E-state index is 0.155. The van der Waals surface area contributed by atoms with E-state index in [4.69, 9.17) is 11.8 Å². The van der Waals surface area contributed by atoms with Crippen LogP contribution in [0.25, 0.3) is 0 Å². The Kier molecular flexibility index (Phi) is 6.45. The van der Waals surface area contributed by atoms with Gasteiger partial charge in [0.2, 0.25) is 0 Å². The normalized spacial score (nSPS) is 17.0. The molecule has 0 aliphatic rings. The highest BCUT2D eigenvalue weighted by Gasteiger charge is 1.86. The largest absolute Gasteiger partial charge is 0.0973 e. The van der Waals surface area contributed by atoms with E-state index in [2.05, 4.69) is 15.6 Å². The summed E-state index contributed by atoms with van der Waals surface area (Å²) in [5, 5.41) is 0. The fourth-order valence-electron chi connectivity index (χ4n) is 0.0408. The summed E-state index contributed by atoms with van der Waals surface area (Å²) in [5.41, 5.74) is 0. The van der Waals surface area contributed by atoms with Gasteiger partial charge in [0, 0.05) is 7.04 Å². The Hall–Kier alpha value is 1.81. The summed E-state index contributed by atoms with van der Waals surface area (Å²) < 4.78 is 0. The summed E-state index contributed by atoms with van der Waals surface area (Å²) in [4.78, 5) is 0. The zero-order chi connectivity index (χ0) is 4.99. The van der Waals surface area contributed by atoms with Crippen LogP contribution in [0.4, 0.5) is 0 Å². The van der Waals surface area contributed by atoms with Gasteiger partial charge >= 0.3 is 0 Å². The van der Waals surface area contributed by atoms with Gasteiger partial charge in [-0.15, -0.1) is 0 Å². The van der Waals surface area contributed by atoms with Gasteiger partial charge in [0.25, 0.3) is 0 Å². The standard InChI is InChI=1S/CH6P4S/c1-3-5(2)4-6/h3H,2H2,1H3. The monoisotopic (exact) mass is 174 g/mol. The molecule has 0 rings (SSSR count). The Labute approximate surface area is 50.1 Å². The SMILES string of the molecule is CPP(P)P=S. The summed E-state index contributed by atoms with van der Waals surface area (Å²) in [6.07, 6.45) is 0. The molecule has 0 saturated heterocycles. The van der Waals surface area contributed by atoms with Crippen LogP contribution in [0.3, 0.4) is 0 Å². The Morgan fingerprint density at radius 1 is 2.00 bits per heavy atom. The first-order valence-corrected chi connectivity index (χ1v) is 9.28.